The molecule has 0 amide bonds. The Balaban J connectivity index is 1.07. The van der Waals surface area contributed by atoms with Gasteiger partial charge < -0.3 is 4.90 Å². The number of benzene rings is 9. The van der Waals surface area contributed by atoms with Gasteiger partial charge in [-0.15, -0.1) is 0 Å². The lowest BCUT2D eigenvalue weighted by atomic mass is 9.79. The summed E-state index contributed by atoms with van der Waals surface area (Å²) in [4.78, 5) is 2.46. The van der Waals surface area contributed by atoms with E-state index in [0.29, 0.717) is 0 Å². The summed E-state index contributed by atoms with van der Waals surface area (Å²) < 4.78 is 0. The van der Waals surface area contributed by atoms with Gasteiger partial charge in [-0.3, -0.25) is 0 Å². The van der Waals surface area contributed by atoms with Crippen LogP contribution in [0.25, 0.3) is 66.4 Å². The molecule has 0 fully saturated rings. The summed E-state index contributed by atoms with van der Waals surface area (Å²) in [6.45, 7) is 9.48. The molecule has 282 valence electrons. The number of nitrogens with zero attached hydrogens (tertiary/aromatic N) is 1. The molecular formula is C58H45N. The van der Waals surface area contributed by atoms with E-state index >= 15 is 0 Å². The predicted octanol–water partition coefficient (Wildman–Crippen LogP) is 15.9. The van der Waals surface area contributed by atoms with Gasteiger partial charge in [0, 0.05) is 27.8 Å². The van der Waals surface area contributed by atoms with Gasteiger partial charge in [-0.05, 0) is 126 Å². The highest BCUT2D eigenvalue weighted by atomic mass is 15.1. The van der Waals surface area contributed by atoms with E-state index in [1.165, 1.54) is 88.7 Å². The van der Waals surface area contributed by atoms with E-state index < -0.39 is 0 Å². The Labute approximate surface area is 347 Å². The molecule has 2 aliphatic rings. The third kappa shape index (κ3) is 5.53. The fourth-order valence-corrected chi connectivity index (χ4v) is 10.3. The van der Waals surface area contributed by atoms with Crippen LogP contribution in [0.4, 0.5) is 17.1 Å². The molecule has 0 heterocycles. The second-order valence-electron chi connectivity index (χ2n) is 17.3. The highest BCUT2D eigenvalue weighted by Gasteiger charge is 2.38. The molecule has 0 bridgehead atoms. The van der Waals surface area contributed by atoms with Gasteiger partial charge in [0.15, 0.2) is 0 Å². The van der Waals surface area contributed by atoms with Crippen molar-refractivity contribution < 1.29 is 0 Å². The quantitative estimate of drug-likeness (QED) is 0.163. The van der Waals surface area contributed by atoms with Gasteiger partial charge in [-0.2, -0.15) is 0 Å². The first-order chi connectivity index (χ1) is 28.8. The molecule has 1 nitrogen and oxygen atoms in total. The largest absolute Gasteiger partial charge is 0.310 e. The molecule has 0 radical (unpaired) electrons. The Morgan fingerprint density at radius 3 is 1.66 bits per heavy atom. The molecule has 0 saturated carbocycles. The zero-order chi connectivity index (χ0) is 39.9. The van der Waals surface area contributed by atoms with E-state index in [1.807, 2.05) is 0 Å². The monoisotopic (exact) mass is 755 g/mol. The molecule has 0 aliphatic heterocycles. The summed E-state index contributed by atoms with van der Waals surface area (Å²) in [6, 6.07) is 74.3. The number of fused-ring (bicyclic) bond motifs is 7. The third-order valence-electron chi connectivity index (χ3n) is 13.2. The first kappa shape index (κ1) is 35.2. The summed E-state index contributed by atoms with van der Waals surface area (Å²) in [7, 11) is 0. The molecule has 0 unspecified atom stereocenters. The summed E-state index contributed by atoms with van der Waals surface area (Å²) in [6.07, 6.45) is 0. The van der Waals surface area contributed by atoms with Gasteiger partial charge in [0.1, 0.15) is 0 Å². The third-order valence-corrected chi connectivity index (χ3v) is 13.2. The first-order valence-electron chi connectivity index (χ1n) is 20.8. The van der Waals surface area contributed by atoms with Crippen molar-refractivity contribution in [2.75, 3.05) is 4.90 Å². The van der Waals surface area contributed by atoms with E-state index in [1.54, 1.807) is 0 Å². The maximum atomic E-state index is 2.46. The lowest BCUT2D eigenvalue weighted by molar-refractivity contribution is 0.660. The van der Waals surface area contributed by atoms with Gasteiger partial charge in [0.25, 0.3) is 0 Å². The zero-order valence-electron chi connectivity index (χ0n) is 34.0. The molecule has 0 spiro atoms. The SMILES string of the molecule is CC1(C)c2ccccc2-c2ccc(-c3ccccc3N(c3ccc(-c4ccc5ccccc5c4)cc3)c3cccc(-c4cccc5c4C(C)(C)c4ccccc4-5)c3)cc21. The van der Waals surface area contributed by atoms with Gasteiger partial charge in [-0.1, -0.05) is 185 Å². The van der Waals surface area contributed by atoms with Crippen LogP contribution in [0.15, 0.2) is 200 Å². The minimum absolute atomic E-state index is 0.0904. The van der Waals surface area contributed by atoms with Crippen molar-refractivity contribution in [2.24, 2.45) is 0 Å². The smallest absolute Gasteiger partial charge is 0.0540 e. The first-order valence-corrected chi connectivity index (χ1v) is 20.8. The predicted molar refractivity (Wildman–Crippen MR) is 250 cm³/mol. The number of hydrogen-bond acceptors (Lipinski definition) is 1. The summed E-state index contributed by atoms with van der Waals surface area (Å²) in [5, 5.41) is 2.51. The molecule has 59 heavy (non-hydrogen) atoms. The molecule has 0 saturated heterocycles. The molecular weight excluding hydrogens is 711 g/mol. The van der Waals surface area contributed by atoms with Crippen molar-refractivity contribution in [1.82, 2.24) is 0 Å². The van der Waals surface area contributed by atoms with Gasteiger partial charge >= 0.3 is 0 Å². The number of rotatable bonds is 6. The van der Waals surface area contributed by atoms with Crippen LogP contribution in [-0.2, 0) is 10.8 Å². The van der Waals surface area contributed by atoms with Crippen LogP contribution in [0.3, 0.4) is 0 Å². The Morgan fingerprint density at radius 2 is 0.864 bits per heavy atom. The molecule has 0 aromatic heterocycles. The van der Waals surface area contributed by atoms with E-state index in [4.69, 9.17) is 0 Å². The minimum Gasteiger partial charge on any atom is -0.310 e. The Hall–Kier alpha value is -6.96. The van der Waals surface area contributed by atoms with Gasteiger partial charge in [0.05, 0.1) is 5.69 Å². The second-order valence-corrected chi connectivity index (χ2v) is 17.3. The normalized spacial score (nSPS) is 14.0. The fraction of sp³-hybridized carbons (Fsp3) is 0.103. The van der Waals surface area contributed by atoms with Crippen LogP contribution >= 0.6 is 0 Å². The number of anilines is 3. The molecule has 1 heteroatoms. The average molecular weight is 756 g/mol. The molecule has 11 rings (SSSR count). The fourth-order valence-electron chi connectivity index (χ4n) is 10.3. The number of hydrogen-bond donors (Lipinski definition) is 0. The maximum Gasteiger partial charge on any atom is 0.0540 e. The van der Waals surface area contributed by atoms with Gasteiger partial charge in [0.2, 0.25) is 0 Å². The van der Waals surface area contributed by atoms with Crippen molar-refractivity contribution in [3.05, 3.63) is 222 Å². The van der Waals surface area contributed by atoms with Crippen LogP contribution < -0.4 is 4.90 Å². The second kappa shape index (κ2) is 13.3. The Morgan fingerprint density at radius 1 is 0.305 bits per heavy atom. The van der Waals surface area contributed by atoms with Crippen molar-refractivity contribution in [3.8, 4) is 55.6 Å². The topological polar surface area (TPSA) is 3.24 Å². The summed E-state index contributed by atoms with van der Waals surface area (Å²) in [5.41, 5.74) is 21.4. The van der Waals surface area contributed by atoms with Crippen LogP contribution in [0.1, 0.15) is 49.9 Å². The van der Waals surface area contributed by atoms with Crippen LogP contribution in [-0.4, -0.2) is 0 Å². The zero-order valence-corrected chi connectivity index (χ0v) is 34.0. The maximum absolute atomic E-state index is 2.46. The van der Waals surface area contributed by atoms with Crippen molar-refractivity contribution in [3.63, 3.8) is 0 Å². The lowest BCUT2D eigenvalue weighted by Crippen LogP contribution is -2.16. The van der Waals surface area contributed by atoms with E-state index in [-0.39, 0.29) is 10.8 Å². The number of para-hydroxylation sites is 1. The standard InChI is InChI=1S/C58H45N/c1-57(2)52-24-10-7-20-48(52)50-34-31-43(37-54(50)57)46-19-9-12-26-55(46)59(44-32-29-39(30-33-44)41-28-27-38-15-5-6-16-40(38)35-41)45-18-13-17-42(36-45)47-22-14-23-51-49-21-8-11-25-53(49)58(3,4)56(47)51/h5-37H,1-4H3. The van der Waals surface area contributed by atoms with E-state index in [0.717, 1.165) is 17.1 Å². The summed E-state index contributed by atoms with van der Waals surface area (Å²) >= 11 is 0. The van der Waals surface area contributed by atoms with E-state index in [2.05, 4.69) is 233 Å². The Bertz CT molecular complexity index is 3110. The van der Waals surface area contributed by atoms with Crippen LogP contribution in [0, 0.1) is 0 Å². The van der Waals surface area contributed by atoms with Crippen molar-refractivity contribution in [1.29, 1.82) is 0 Å². The highest BCUT2D eigenvalue weighted by Crippen LogP contribution is 2.53. The van der Waals surface area contributed by atoms with E-state index in [9.17, 15) is 0 Å². The molecule has 9 aromatic rings. The van der Waals surface area contributed by atoms with Crippen molar-refractivity contribution >= 4 is 27.8 Å². The minimum atomic E-state index is -0.121. The molecule has 0 atom stereocenters. The highest BCUT2D eigenvalue weighted by molar-refractivity contribution is 5.94. The van der Waals surface area contributed by atoms with Crippen LogP contribution in [0.5, 0.6) is 0 Å². The van der Waals surface area contributed by atoms with Gasteiger partial charge in [-0.25, -0.2) is 0 Å². The molecule has 2 aliphatic carbocycles. The molecule has 9 aromatic carbocycles. The lowest BCUT2D eigenvalue weighted by Gasteiger charge is -2.29. The molecule has 0 N–H and O–H groups in total. The van der Waals surface area contributed by atoms with Crippen LogP contribution in [0.2, 0.25) is 0 Å². The van der Waals surface area contributed by atoms with Crippen molar-refractivity contribution in [2.45, 2.75) is 38.5 Å². The average Bonchev–Trinajstić information content (AvgIpc) is 3.66. The summed E-state index contributed by atoms with van der Waals surface area (Å²) in [5.74, 6) is 0. The Kier molecular flexibility index (Phi) is 7.94.